The number of rotatable bonds is 5. The van der Waals surface area contributed by atoms with Crippen molar-refractivity contribution in [3.8, 4) is 5.75 Å². The molecule has 3 rings (SSSR count). The first-order chi connectivity index (χ1) is 10.4. The number of ether oxygens (including phenoxy) is 1. The smallest absolute Gasteiger partial charge is 0.126 e. The molecule has 2 aromatic carbocycles. The lowest BCUT2D eigenvalue weighted by molar-refractivity contribution is 0.419. The van der Waals surface area contributed by atoms with Crippen LogP contribution in [0.2, 0.25) is 0 Å². The van der Waals surface area contributed by atoms with Crippen LogP contribution in [-0.4, -0.2) is 25.2 Å². The SMILES string of the molecule is COc1ccc(CNCC2CCSCC2)c2ccccc12. The standard InChI is InChI=1S/C18H23NOS/c1-20-18-7-6-15(16-4-2-3-5-17(16)18)13-19-12-14-8-10-21-11-9-14/h2-7,14,19H,8-13H2,1H3. The number of thioether (sulfide) groups is 1. The number of nitrogens with one attached hydrogen (secondary N) is 1. The molecule has 1 fully saturated rings. The van der Waals surface area contributed by atoms with Crippen LogP contribution in [0.25, 0.3) is 10.8 Å². The van der Waals surface area contributed by atoms with Gasteiger partial charge in [-0.2, -0.15) is 11.8 Å². The molecule has 1 saturated heterocycles. The first-order valence-corrected chi connectivity index (χ1v) is 8.87. The van der Waals surface area contributed by atoms with E-state index in [4.69, 9.17) is 4.74 Å². The topological polar surface area (TPSA) is 21.3 Å². The third-order valence-corrected chi connectivity index (χ3v) is 5.33. The molecule has 0 spiro atoms. The third kappa shape index (κ3) is 3.53. The van der Waals surface area contributed by atoms with Gasteiger partial charge in [-0.05, 0) is 53.8 Å². The molecule has 112 valence electrons. The minimum atomic E-state index is 0.857. The van der Waals surface area contributed by atoms with E-state index >= 15 is 0 Å². The molecule has 2 aromatic rings. The molecule has 0 aliphatic carbocycles. The van der Waals surface area contributed by atoms with E-state index in [2.05, 4.69) is 53.5 Å². The number of hydrogen-bond acceptors (Lipinski definition) is 3. The summed E-state index contributed by atoms with van der Waals surface area (Å²) < 4.78 is 5.46. The molecule has 21 heavy (non-hydrogen) atoms. The Hall–Kier alpha value is -1.19. The van der Waals surface area contributed by atoms with Crippen molar-refractivity contribution in [1.82, 2.24) is 5.32 Å². The molecule has 0 saturated carbocycles. The number of fused-ring (bicyclic) bond motifs is 1. The van der Waals surface area contributed by atoms with Crippen LogP contribution < -0.4 is 10.1 Å². The van der Waals surface area contributed by atoms with E-state index in [9.17, 15) is 0 Å². The van der Waals surface area contributed by atoms with Gasteiger partial charge in [0.05, 0.1) is 7.11 Å². The summed E-state index contributed by atoms with van der Waals surface area (Å²) in [6, 6.07) is 12.8. The van der Waals surface area contributed by atoms with Gasteiger partial charge >= 0.3 is 0 Å². The molecule has 1 aliphatic heterocycles. The molecule has 0 unspecified atom stereocenters. The van der Waals surface area contributed by atoms with Crippen LogP contribution in [0.15, 0.2) is 36.4 Å². The molecule has 1 heterocycles. The summed E-state index contributed by atoms with van der Waals surface area (Å²) in [7, 11) is 1.74. The second-order valence-electron chi connectivity index (χ2n) is 5.66. The van der Waals surface area contributed by atoms with Crippen LogP contribution in [0.4, 0.5) is 0 Å². The summed E-state index contributed by atoms with van der Waals surface area (Å²) in [6.45, 7) is 2.08. The minimum absolute atomic E-state index is 0.857. The fraction of sp³-hybridized carbons (Fsp3) is 0.444. The number of methoxy groups -OCH3 is 1. The summed E-state index contributed by atoms with van der Waals surface area (Å²) in [4.78, 5) is 0. The van der Waals surface area contributed by atoms with Gasteiger partial charge in [0, 0.05) is 11.9 Å². The Morgan fingerprint density at radius 1 is 1.10 bits per heavy atom. The van der Waals surface area contributed by atoms with Crippen LogP contribution in [0.5, 0.6) is 5.75 Å². The van der Waals surface area contributed by atoms with Gasteiger partial charge in [0.2, 0.25) is 0 Å². The van der Waals surface area contributed by atoms with Crippen molar-refractivity contribution in [2.24, 2.45) is 5.92 Å². The quantitative estimate of drug-likeness (QED) is 0.899. The maximum Gasteiger partial charge on any atom is 0.126 e. The molecular formula is C18H23NOS. The summed E-state index contributed by atoms with van der Waals surface area (Å²) in [6.07, 6.45) is 2.72. The van der Waals surface area contributed by atoms with Gasteiger partial charge in [0.25, 0.3) is 0 Å². The van der Waals surface area contributed by atoms with Gasteiger partial charge in [-0.1, -0.05) is 30.3 Å². The van der Waals surface area contributed by atoms with Crippen molar-refractivity contribution in [3.05, 3.63) is 42.0 Å². The highest BCUT2D eigenvalue weighted by molar-refractivity contribution is 7.99. The Morgan fingerprint density at radius 3 is 2.62 bits per heavy atom. The predicted molar refractivity (Wildman–Crippen MR) is 92.3 cm³/mol. The van der Waals surface area contributed by atoms with Crippen molar-refractivity contribution in [2.45, 2.75) is 19.4 Å². The van der Waals surface area contributed by atoms with E-state index in [1.165, 1.54) is 40.7 Å². The molecule has 1 aliphatic rings. The van der Waals surface area contributed by atoms with Crippen molar-refractivity contribution in [2.75, 3.05) is 25.2 Å². The zero-order chi connectivity index (χ0) is 14.5. The van der Waals surface area contributed by atoms with Gasteiger partial charge in [0.15, 0.2) is 0 Å². The van der Waals surface area contributed by atoms with Crippen LogP contribution in [-0.2, 0) is 6.54 Å². The van der Waals surface area contributed by atoms with E-state index in [0.717, 1.165) is 24.8 Å². The molecule has 0 bridgehead atoms. The van der Waals surface area contributed by atoms with Crippen LogP contribution >= 0.6 is 11.8 Å². The van der Waals surface area contributed by atoms with Crippen molar-refractivity contribution < 1.29 is 4.74 Å². The summed E-state index contributed by atoms with van der Waals surface area (Å²) in [5.41, 5.74) is 1.36. The zero-order valence-corrected chi connectivity index (χ0v) is 13.4. The van der Waals surface area contributed by atoms with E-state index < -0.39 is 0 Å². The predicted octanol–water partition coefficient (Wildman–Crippen LogP) is 4.08. The Kier molecular flexibility index (Phi) is 5.04. The van der Waals surface area contributed by atoms with Crippen LogP contribution in [0, 0.1) is 5.92 Å². The average molecular weight is 301 g/mol. The normalized spacial score (nSPS) is 16.2. The fourth-order valence-corrected chi connectivity index (χ4v) is 4.23. The lowest BCUT2D eigenvalue weighted by Crippen LogP contribution is -2.25. The highest BCUT2D eigenvalue weighted by Gasteiger charge is 2.13. The van der Waals surface area contributed by atoms with E-state index in [0.29, 0.717) is 0 Å². The average Bonchev–Trinajstić information content (AvgIpc) is 2.56. The number of hydrogen-bond donors (Lipinski definition) is 1. The molecule has 0 aromatic heterocycles. The molecule has 0 radical (unpaired) electrons. The van der Waals surface area contributed by atoms with Gasteiger partial charge < -0.3 is 10.1 Å². The van der Waals surface area contributed by atoms with Crippen LogP contribution in [0.3, 0.4) is 0 Å². The monoisotopic (exact) mass is 301 g/mol. The Bertz CT molecular complexity index is 593. The van der Waals surface area contributed by atoms with Crippen molar-refractivity contribution in [1.29, 1.82) is 0 Å². The second-order valence-corrected chi connectivity index (χ2v) is 6.88. The van der Waals surface area contributed by atoms with Crippen LogP contribution in [0.1, 0.15) is 18.4 Å². The first kappa shape index (κ1) is 14.7. The van der Waals surface area contributed by atoms with Gasteiger partial charge in [-0.3, -0.25) is 0 Å². The van der Waals surface area contributed by atoms with Gasteiger partial charge in [-0.15, -0.1) is 0 Å². The maximum absolute atomic E-state index is 5.46. The lowest BCUT2D eigenvalue weighted by Gasteiger charge is -2.21. The summed E-state index contributed by atoms with van der Waals surface area (Å²) in [5, 5.41) is 6.15. The summed E-state index contributed by atoms with van der Waals surface area (Å²) in [5.74, 6) is 4.48. The molecular weight excluding hydrogens is 278 g/mol. The molecule has 0 atom stereocenters. The highest BCUT2D eigenvalue weighted by atomic mass is 32.2. The fourth-order valence-electron chi connectivity index (χ4n) is 3.03. The zero-order valence-electron chi connectivity index (χ0n) is 12.6. The highest BCUT2D eigenvalue weighted by Crippen LogP contribution is 2.28. The second kappa shape index (κ2) is 7.19. The van der Waals surface area contributed by atoms with Gasteiger partial charge in [0.1, 0.15) is 5.75 Å². The molecule has 2 nitrogen and oxygen atoms in total. The Morgan fingerprint density at radius 2 is 1.86 bits per heavy atom. The number of benzene rings is 2. The van der Waals surface area contributed by atoms with E-state index in [-0.39, 0.29) is 0 Å². The lowest BCUT2D eigenvalue weighted by atomic mass is 10.0. The van der Waals surface area contributed by atoms with Gasteiger partial charge in [-0.25, -0.2) is 0 Å². The minimum Gasteiger partial charge on any atom is -0.496 e. The third-order valence-electron chi connectivity index (χ3n) is 4.28. The van der Waals surface area contributed by atoms with Crippen molar-refractivity contribution >= 4 is 22.5 Å². The Balaban J connectivity index is 1.69. The van der Waals surface area contributed by atoms with Crippen molar-refractivity contribution in [3.63, 3.8) is 0 Å². The largest absolute Gasteiger partial charge is 0.496 e. The van der Waals surface area contributed by atoms with E-state index in [1.807, 2.05) is 0 Å². The van der Waals surface area contributed by atoms with E-state index in [1.54, 1.807) is 7.11 Å². The molecule has 0 amide bonds. The first-order valence-electron chi connectivity index (χ1n) is 7.71. The summed E-state index contributed by atoms with van der Waals surface area (Å²) >= 11 is 2.09. The maximum atomic E-state index is 5.46. The Labute approximate surface area is 131 Å². The molecule has 3 heteroatoms. The molecule has 1 N–H and O–H groups in total.